The molecule has 0 aliphatic heterocycles. The summed E-state index contributed by atoms with van der Waals surface area (Å²) in [6, 6.07) is 3.28. The van der Waals surface area contributed by atoms with Gasteiger partial charge in [0.15, 0.2) is 0 Å². The van der Waals surface area contributed by atoms with E-state index in [1.165, 1.54) is 0 Å². The molecule has 88 valence electrons. The van der Waals surface area contributed by atoms with Gasteiger partial charge in [-0.2, -0.15) is 12.6 Å². The minimum absolute atomic E-state index is 0.217. The Hall–Kier alpha value is -1.30. The van der Waals surface area contributed by atoms with Crippen LogP contribution < -0.4 is 4.74 Å². The van der Waals surface area contributed by atoms with Crippen molar-refractivity contribution in [2.45, 2.75) is 19.8 Å². The van der Waals surface area contributed by atoms with Gasteiger partial charge in [0.25, 0.3) is 0 Å². The van der Waals surface area contributed by atoms with Crippen molar-refractivity contribution in [1.82, 2.24) is 4.98 Å². The fourth-order valence-corrected chi connectivity index (χ4v) is 1.39. The Morgan fingerprint density at radius 3 is 2.88 bits per heavy atom. The van der Waals surface area contributed by atoms with Crippen LogP contribution in [0.1, 0.15) is 18.5 Å². The number of aromatic nitrogens is 1. The van der Waals surface area contributed by atoms with E-state index < -0.39 is 4.92 Å². The van der Waals surface area contributed by atoms with Crippen molar-refractivity contribution in [2.24, 2.45) is 0 Å². The molecule has 0 amide bonds. The maximum absolute atomic E-state index is 10.7. The maximum Gasteiger partial charge on any atom is 0.406 e. The van der Waals surface area contributed by atoms with Gasteiger partial charge in [-0.05, 0) is 40.6 Å². The maximum atomic E-state index is 10.7. The number of nitrogens with zero attached hydrogens (tertiary/aromatic N) is 2. The summed E-state index contributed by atoms with van der Waals surface area (Å²) in [5.41, 5.74) is 0.606. The van der Waals surface area contributed by atoms with Crippen molar-refractivity contribution in [3.8, 4) is 5.75 Å². The third kappa shape index (κ3) is 3.69. The van der Waals surface area contributed by atoms with E-state index in [2.05, 4.69) is 17.6 Å². The molecule has 5 nitrogen and oxygen atoms in total. The average molecular weight is 242 g/mol. The second kappa shape index (κ2) is 6.32. The first-order chi connectivity index (χ1) is 7.65. The number of ether oxygens (including phenoxy) is 1. The van der Waals surface area contributed by atoms with Gasteiger partial charge in [-0.15, -0.1) is 0 Å². The molecule has 0 saturated carbocycles. The number of thiol groups is 1. The van der Waals surface area contributed by atoms with E-state index in [-0.39, 0.29) is 11.6 Å². The van der Waals surface area contributed by atoms with Gasteiger partial charge in [-0.25, -0.2) is 0 Å². The molecule has 0 fully saturated rings. The van der Waals surface area contributed by atoms with Crippen LogP contribution >= 0.6 is 12.6 Å². The molecule has 0 aliphatic rings. The van der Waals surface area contributed by atoms with E-state index in [0.29, 0.717) is 12.3 Å². The zero-order valence-electron chi connectivity index (χ0n) is 9.05. The first-order valence-electron chi connectivity index (χ1n) is 5.01. The van der Waals surface area contributed by atoms with E-state index >= 15 is 0 Å². The van der Waals surface area contributed by atoms with Crippen LogP contribution in [0.5, 0.6) is 5.75 Å². The number of hydrogen-bond acceptors (Lipinski definition) is 5. The summed E-state index contributed by atoms with van der Waals surface area (Å²) in [5, 5.41) is 10.7. The van der Waals surface area contributed by atoms with Gasteiger partial charge >= 0.3 is 5.82 Å². The van der Waals surface area contributed by atoms with Crippen molar-refractivity contribution in [1.29, 1.82) is 0 Å². The molecule has 0 radical (unpaired) electrons. The van der Waals surface area contributed by atoms with Crippen LogP contribution in [0.25, 0.3) is 0 Å². The lowest BCUT2D eigenvalue weighted by molar-refractivity contribution is -0.390. The summed E-state index contributed by atoms with van der Waals surface area (Å²) in [6.45, 7) is 2.16. The summed E-state index contributed by atoms with van der Waals surface area (Å²) in [7, 11) is 0. The molecule has 1 heterocycles. The molecule has 16 heavy (non-hydrogen) atoms. The summed E-state index contributed by atoms with van der Waals surface area (Å²) >= 11 is 4.07. The van der Waals surface area contributed by atoms with Crippen LogP contribution in [0.4, 0.5) is 5.82 Å². The predicted octanol–water partition coefficient (Wildman–Crippen LogP) is 2.39. The van der Waals surface area contributed by atoms with Crippen LogP contribution in [-0.2, 0) is 0 Å². The van der Waals surface area contributed by atoms with Gasteiger partial charge in [0, 0.05) is 6.92 Å². The zero-order valence-corrected chi connectivity index (χ0v) is 9.94. The Balaban J connectivity index is 2.67. The zero-order chi connectivity index (χ0) is 12.0. The molecule has 1 rings (SSSR count). The number of aryl methyl sites for hydroxylation is 1. The molecular formula is C10H14N2O3S. The summed E-state index contributed by atoms with van der Waals surface area (Å²) in [6.07, 6.45) is 1.75. The Labute approximate surface area is 99.4 Å². The topological polar surface area (TPSA) is 65.3 Å². The molecule has 0 spiro atoms. The van der Waals surface area contributed by atoms with Gasteiger partial charge in [0.1, 0.15) is 5.69 Å². The van der Waals surface area contributed by atoms with E-state index in [0.717, 1.165) is 18.6 Å². The Kier molecular flexibility index (Phi) is 5.04. The van der Waals surface area contributed by atoms with Gasteiger partial charge in [0.2, 0.25) is 5.75 Å². The molecule has 0 bridgehead atoms. The number of nitro groups is 1. The number of unbranched alkanes of at least 4 members (excludes halogenated alkanes) is 1. The molecule has 6 heteroatoms. The van der Waals surface area contributed by atoms with Crippen molar-refractivity contribution in [3.05, 3.63) is 27.9 Å². The highest BCUT2D eigenvalue weighted by Crippen LogP contribution is 2.24. The monoisotopic (exact) mass is 242 g/mol. The van der Waals surface area contributed by atoms with Crippen molar-refractivity contribution >= 4 is 18.4 Å². The quantitative estimate of drug-likeness (QED) is 0.360. The van der Waals surface area contributed by atoms with Crippen LogP contribution in [0.3, 0.4) is 0 Å². The summed E-state index contributed by atoms with van der Waals surface area (Å²) in [5.74, 6) is 0.804. The Morgan fingerprint density at radius 2 is 2.25 bits per heavy atom. The number of pyridine rings is 1. The Bertz CT molecular complexity index is 371. The SMILES string of the molecule is Cc1ccc(OCCCCS)c([N+](=O)[O-])n1. The standard InChI is InChI=1S/C10H14N2O3S/c1-8-4-5-9(10(11-8)12(13)14)15-6-2-3-7-16/h4-5,16H,2-3,6-7H2,1H3. The molecule has 1 aromatic heterocycles. The minimum atomic E-state index is -0.527. The van der Waals surface area contributed by atoms with Gasteiger partial charge in [-0.1, -0.05) is 0 Å². The molecule has 0 unspecified atom stereocenters. The number of hydrogen-bond donors (Lipinski definition) is 1. The normalized spacial score (nSPS) is 10.1. The lowest BCUT2D eigenvalue weighted by Gasteiger charge is -2.05. The number of rotatable bonds is 6. The minimum Gasteiger partial charge on any atom is -0.486 e. The molecule has 0 N–H and O–H groups in total. The highest BCUT2D eigenvalue weighted by Gasteiger charge is 2.17. The van der Waals surface area contributed by atoms with Gasteiger partial charge < -0.3 is 14.9 Å². The van der Waals surface area contributed by atoms with E-state index in [1.54, 1.807) is 19.1 Å². The van der Waals surface area contributed by atoms with Crippen LogP contribution in [-0.4, -0.2) is 22.3 Å². The fourth-order valence-electron chi connectivity index (χ4n) is 1.17. The molecule has 1 aromatic rings. The lowest BCUT2D eigenvalue weighted by Crippen LogP contribution is -2.03. The van der Waals surface area contributed by atoms with Crippen molar-refractivity contribution in [2.75, 3.05) is 12.4 Å². The van der Waals surface area contributed by atoms with Crippen LogP contribution in [0.2, 0.25) is 0 Å². The van der Waals surface area contributed by atoms with Gasteiger partial charge in [-0.3, -0.25) is 0 Å². The highest BCUT2D eigenvalue weighted by molar-refractivity contribution is 7.80. The molecule has 0 aliphatic carbocycles. The second-order valence-corrected chi connectivity index (χ2v) is 3.76. The third-order valence-corrected chi connectivity index (χ3v) is 2.28. The fraction of sp³-hybridized carbons (Fsp3) is 0.500. The smallest absolute Gasteiger partial charge is 0.406 e. The van der Waals surface area contributed by atoms with Crippen LogP contribution in [0.15, 0.2) is 12.1 Å². The summed E-state index contributed by atoms with van der Waals surface area (Å²) < 4.78 is 5.32. The largest absolute Gasteiger partial charge is 0.486 e. The predicted molar refractivity (Wildman–Crippen MR) is 64.2 cm³/mol. The third-order valence-electron chi connectivity index (χ3n) is 1.96. The molecular weight excluding hydrogens is 228 g/mol. The second-order valence-electron chi connectivity index (χ2n) is 3.31. The first kappa shape index (κ1) is 12.8. The van der Waals surface area contributed by atoms with Crippen molar-refractivity contribution in [3.63, 3.8) is 0 Å². The lowest BCUT2D eigenvalue weighted by atomic mass is 10.3. The van der Waals surface area contributed by atoms with Crippen molar-refractivity contribution < 1.29 is 9.66 Å². The van der Waals surface area contributed by atoms with E-state index in [1.807, 2.05) is 0 Å². The molecule has 0 saturated heterocycles. The van der Waals surface area contributed by atoms with E-state index in [9.17, 15) is 10.1 Å². The van der Waals surface area contributed by atoms with Gasteiger partial charge in [0.05, 0.1) is 6.61 Å². The highest BCUT2D eigenvalue weighted by atomic mass is 32.1. The summed E-state index contributed by atoms with van der Waals surface area (Å²) in [4.78, 5) is 14.0. The Morgan fingerprint density at radius 1 is 1.50 bits per heavy atom. The van der Waals surface area contributed by atoms with E-state index in [4.69, 9.17) is 4.74 Å². The molecule has 0 aromatic carbocycles. The first-order valence-corrected chi connectivity index (χ1v) is 5.64. The average Bonchev–Trinajstić information content (AvgIpc) is 2.26. The molecule has 0 atom stereocenters. The van der Waals surface area contributed by atoms with Crippen LogP contribution in [0, 0.1) is 17.0 Å².